The number of unbranched alkanes of at least 4 members (excludes halogenated alkanes) is 4. The van der Waals surface area contributed by atoms with E-state index in [9.17, 15) is 51.9 Å². The molecular formula is C52H59F2N6O11P. The summed E-state index contributed by atoms with van der Waals surface area (Å²) < 4.78 is 53.1. The van der Waals surface area contributed by atoms with Gasteiger partial charge in [0.15, 0.2) is 0 Å². The van der Waals surface area contributed by atoms with Gasteiger partial charge in [0.2, 0.25) is 29.5 Å². The Morgan fingerprint density at radius 3 is 2.57 bits per heavy atom. The van der Waals surface area contributed by atoms with Crippen LogP contribution in [-0.2, 0) is 56.6 Å². The summed E-state index contributed by atoms with van der Waals surface area (Å²) >= 11 is 0. The van der Waals surface area contributed by atoms with Gasteiger partial charge in [-0.15, -0.1) is 0 Å². The molecule has 72 heavy (non-hydrogen) atoms. The Bertz CT molecular complexity index is 2770. The predicted octanol–water partition coefficient (Wildman–Crippen LogP) is 5.13. The second-order valence-corrected chi connectivity index (χ2v) is 21.6. The van der Waals surface area contributed by atoms with Gasteiger partial charge >= 0.3 is 13.3 Å². The van der Waals surface area contributed by atoms with Gasteiger partial charge in [-0.1, -0.05) is 69.7 Å². The fourth-order valence-corrected chi connectivity index (χ4v) is 10.4. The van der Waals surface area contributed by atoms with Crippen LogP contribution in [0.1, 0.15) is 122 Å². The summed E-state index contributed by atoms with van der Waals surface area (Å²) in [5, 5.41) is 5.20. The molecule has 1 aliphatic carbocycles. The number of halogens is 2. The van der Waals surface area contributed by atoms with Crippen LogP contribution in [0.3, 0.4) is 0 Å². The molecule has 5 atom stereocenters. The minimum atomic E-state index is -5.83. The van der Waals surface area contributed by atoms with Gasteiger partial charge in [0.25, 0.3) is 5.91 Å². The summed E-state index contributed by atoms with van der Waals surface area (Å²) in [6, 6.07) is 9.46. The molecule has 6 amide bonds. The maximum absolute atomic E-state index is 14.8. The first kappa shape index (κ1) is 52.2. The van der Waals surface area contributed by atoms with Crippen LogP contribution in [0.5, 0.6) is 0 Å². The highest BCUT2D eigenvalue weighted by Crippen LogP contribution is 2.59. The highest BCUT2D eigenvalue weighted by molar-refractivity contribution is 7.52. The number of rotatable bonds is 15. The Kier molecular flexibility index (Phi) is 15.6. The molecule has 382 valence electrons. The quantitative estimate of drug-likeness (QED) is 0.0674. The van der Waals surface area contributed by atoms with E-state index in [0.29, 0.717) is 37.1 Å². The lowest BCUT2D eigenvalue weighted by molar-refractivity contribution is -0.151. The molecule has 1 aromatic heterocycles. The van der Waals surface area contributed by atoms with Gasteiger partial charge in [-0.05, 0) is 71.7 Å². The normalized spacial score (nSPS) is 21.6. The summed E-state index contributed by atoms with van der Waals surface area (Å²) in [6.45, 7) is 6.89. The highest BCUT2D eigenvalue weighted by Gasteiger charge is 2.51. The van der Waals surface area contributed by atoms with E-state index in [0.717, 1.165) is 48.1 Å². The van der Waals surface area contributed by atoms with Crippen molar-refractivity contribution in [2.45, 2.75) is 121 Å². The molecular weight excluding hydrogens is 954 g/mol. The largest absolute Gasteiger partial charge is 0.399 e. The van der Waals surface area contributed by atoms with Crippen molar-refractivity contribution in [3.05, 3.63) is 105 Å². The molecule has 3 unspecified atom stereocenters. The third-order valence-corrected chi connectivity index (χ3v) is 14.9. The molecule has 3 saturated heterocycles. The monoisotopic (exact) mass is 1010 g/mol. The van der Waals surface area contributed by atoms with E-state index in [4.69, 9.17) is 9.47 Å². The maximum atomic E-state index is 14.8. The van der Waals surface area contributed by atoms with Gasteiger partial charge in [-0.3, -0.25) is 43.6 Å². The Labute approximate surface area is 416 Å². The van der Waals surface area contributed by atoms with Crippen LogP contribution in [0.2, 0.25) is 0 Å². The first-order chi connectivity index (χ1) is 34.2. The van der Waals surface area contributed by atoms with Crippen LogP contribution in [0.15, 0.2) is 66.5 Å². The number of pyridine rings is 1. The van der Waals surface area contributed by atoms with Gasteiger partial charge < -0.3 is 39.3 Å². The van der Waals surface area contributed by atoms with E-state index in [1.165, 1.54) is 21.9 Å². The van der Waals surface area contributed by atoms with Gasteiger partial charge in [-0.25, -0.2) is 0 Å². The molecule has 4 aliphatic heterocycles. The van der Waals surface area contributed by atoms with Crippen molar-refractivity contribution in [2.24, 2.45) is 5.41 Å². The number of imide groups is 1. The predicted molar refractivity (Wildman–Crippen MR) is 257 cm³/mol. The number of hydrogen-bond donors (Lipinski definition) is 4. The van der Waals surface area contributed by atoms with Crippen LogP contribution in [0.4, 0.5) is 8.78 Å². The minimum absolute atomic E-state index is 0.0321. The molecule has 0 saturated carbocycles. The van der Waals surface area contributed by atoms with Gasteiger partial charge in [-0.2, -0.15) is 8.78 Å². The van der Waals surface area contributed by atoms with Gasteiger partial charge in [0.05, 0.1) is 19.3 Å². The number of carbonyl (C=O) groups excluding carboxylic acids is 6. The van der Waals surface area contributed by atoms with Gasteiger partial charge in [0.1, 0.15) is 24.2 Å². The first-order valence-electron chi connectivity index (χ1n) is 24.3. The number of fused-ring (bicyclic) bond motifs is 2. The van der Waals surface area contributed by atoms with Crippen molar-refractivity contribution >= 4 is 49.1 Å². The average molecular weight is 1010 g/mol. The van der Waals surface area contributed by atoms with Crippen molar-refractivity contribution < 1.29 is 61.4 Å². The summed E-state index contributed by atoms with van der Waals surface area (Å²) in [5.74, 6) is 3.99. The lowest BCUT2D eigenvalue weighted by atomic mass is 9.85. The second-order valence-electron chi connectivity index (χ2n) is 20.0. The lowest BCUT2D eigenvalue weighted by Gasteiger charge is -2.38. The summed E-state index contributed by atoms with van der Waals surface area (Å²) in [5.41, 5.74) is -2.50. The van der Waals surface area contributed by atoms with Crippen LogP contribution >= 0.6 is 7.60 Å². The minimum Gasteiger partial charge on any atom is -0.376 e. The molecule has 5 heterocycles. The third kappa shape index (κ3) is 11.4. The molecule has 0 bridgehead atoms. The molecule has 3 fully saturated rings. The first-order valence-corrected chi connectivity index (χ1v) is 25.9. The fraction of sp³-hybridized carbons (Fsp3) is 0.481. The Balaban J connectivity index is 0.884. The summed E-state index contributed by atoms with van der Waals surface area (Å²) in [4.78, 5) is 108. The number of morpholine rings is 1. The zero-order valence-corrected chi connectivity index (χ0v) is 41.3. The Morgan fingerprint density at radius 1 is 1.04 bits per heavy atom. The Morgan fingerprint density at radius 2 is 1.83 bits per heavy atom. The number of benzene rings is 2. The molecule has 2 aromatic carbocycles. The zero-order chi connectivity index (χ0) is 51.5. The number of aromatic nitrogens is 1. The highest BCUT2D eigenvalue weighted by atomic mass is 31.2. The topological polar surface area (TPSA) is 225 Å². The number of nitrogens with zero attached hydrogens (tertiary/aromatic N) is 4. The van der Waals surface area contributed by atoms with Crippen LogP contribution < -0.4 is 10.6 Å². The lowest BCUT2D eigenvalue weighted by Crippen LogP contribution is -2.58. The molecule has 3 aromatic rings. The van der Waals surface area contributed by atoms with Crippen molar-refractivity contribution in [3.63, 3.8) is 0 Å². The number of nitrogens with one attached hydrogen (secondary N) is 2. The molecule has 17 nitrogen and oxygen atoms in total. The number of hydrogen-bond acceptors (Lipinski definition) is 10. The Hall–Kier alpha value is -6.16. The van der Waals surface area contributed by atoms with E-state index >= 15 is 0 Å². The van der Waals surface area contributed by atoms with Crippen molar-refractivity contribution in [2.75, 3.05) is 32.8 Å². The van der Waals surface area contributed by atoms with E-state index in [-0.39, 0.29) is 80.8 Å². The van der Waals surface area contributed by atoms with Crippen molar-refractivity contribution in [1.82, 2.24) is 30.3 Å². The fourth-order valence-electron chi connectivity index (χ4n) is 9.88. The molecule has 4 N–H and O–H groups in total. The number of alkyl halides is 2. The number of amides is 6. The maximum Gasteiger partial charge on any atom is 0.399 e. The molecule has 8 rings (SSSR count). The molecule has 0 radical (unpaired) electrons. The van der Waals surface area contributed by atoms with Crippen molar-refractivity contribution in [1.29, 1.82) is 0 Å². The van der Waals surface area contributed by atoms with Crippen molar-refractivity contribution in [3.8, 4) is 11.8 Å². The standard InChI is InChI=1S/C52H59F2N6O11P/c1-51(2,3)45(57-46(62)36-24-33-16-17-37(26-35(33)25-36)52(53,54)72(67,68)69)50(66)59-29-38(27-42(59)49(65)58-21-23-71-43(31-58)34-14-11-20-55-28-34)70-22-9-7-5-4-6-8-12-32-13-10-15-39-40(32)30-60(48(39)64)41-18-19-44(61)56-47(41)63/h10-11,13-17,20,25-26,28,38,41-43,45H,4-7,9,18-19,21-24,27,29-31H2,1-3H3,(H,57,62)(H,56,61,63)(H2,67,68,69)/t38-,41?,42-,43?,45?/m0/s1. The van der Waals surface area contributed by atoms with E-state index in [1.807, 2.05) is 12.1 Å². The van der Waals surface area contributed by atoms with Crippen LogP contribution in [0.25, 0.3) is 6.08 Å². The van der Waals surface area contributed by atoms with E-state index in [1.54, 1.807) is 56.3 Å². The van der Waals surface area contributed by atoms with E-state index in [2.05, 4.69) is 27.5 Å². The van der Waals surface area contributed by atoms with Gasteiger partial charge in [0, 0.05) is 92.1 Å². The number of carbonyl (C=O) groups is 6. The average Bonchev–Trinajstić information content (AvgIpc) is 4.07. The molecule has 5 aliphatic rings. The zero-order valence-electron chi connectivity index (χ0n) is 40.4. The molecule has 20 heteroatoms. The van der Waals surface area contributed by atoms with Crippen LogP contribution in [-0.4, -0.2) is 122 Å². The summed E-state index contributed by atoms with van der Waals surface area (Å²) in [7, 11) is -5.83. The number of piperidine rings is 1. The third-order valence-electron chi connectivity index (χ3n) is 13.9. The summed E-state index contributed by atoms with van der Waals surface area (Å²) in [6.07, 6.45) is 8.37. The van der Waals surface area contributed by atoms with Crippen LogP contribution in [0, 0.1) is 17.3 Å². The molecule has 0 spiro atoms. The number of likely N-dealkylation sites (tertiary alicyclic amines) is 1. The van der Waals surface area contributed by atoms with E-state index < -0.39 is 72.3 Å². The second kappa shape index (κ2) is 21.5. The SMILES string of the molecule is CC(C)(C)C(NC(=O)C1=Cc2cc(C(F)(F)P(=O)(O)O)ccc2C1)C(=O)N1C[C@@H](OCCCCCCC#Cc2cccc3c2CN(C2CCC(=O)NC2=O)C3=O)C[C@H]1C(=O)N1CCOC(c2cccnc2)C1. The number of ether oxygens (including phenoxy) is 2. The smallest absolute Gasteiger partial charge is 0.376 e.